The second kappa shape index (κ2) is 6.67. The van der Waals surface area contributed by atoms with Gasteiger partial charge >= 0.3 is 0 Å². The number of amides is 1. The van der Waals surface area contributed by atoms with Crippen LogP contribution in [-0.4, -0.2) is 36.8 Å². The molecule has 0 unspecified atom stereocenters. The van der Waals surface area contributed by atoms with Crippen LogP contribution in [0.2, 0.25) is 0 Å². The fourth-order valence-corrected chi connectivity index (χ4v) is 2.16. The number of halogens is 1. The summed E-state index contributed by atoms with van der Waals surface area (Å²) in [6.45, 7) is 4.05. The molecule has 3 aromatic heterocycles. The zero-order chi connectivity index (χ0) is 18.0. The van der Waals surface area contributed by atoms with E-state index in [2.05, 4.69) is 25.9 Å². The van der Waals surface area contributed by atoms with Crippen LogP contribution < -0.4 is 5.43 Å². The third kappa shape index (κ3) is 3.18. The second-order valence-electron chi connectivity index (χ2n) is 5.25. The Morgan fingerprint density at radius 3 is 2.88 bits per heavy atom. The van der Waals surface area contributed by atoms with Crippen LogP contribution in [0.1, 0.15) is 28.7 Å². The Hall–Kier alpha value is -3.30. The van der Waals surface area contributed by atoms with Gasteiger partial charge in [0, 0.05) is 25.4 Å². The number of aromatic nitrogens is 5. The molecule has 0 aliphatic rings. The van der Waals surface area contributed by atoms with Gasteiger partial charge in [0.25, 0.3) is 5.91 Å². The molecule has 25 heavy (non-hydrogen) atoms. The highest BCUT2D eigenvalue weighted by molar-refractivity contribution is 5.93. The predicted molar refractivity (Wildman–Crippen MR) is 86.4 cm³/mol. The minimum atomic E-state index is -0.573. The first kappa shape index (κ1) is 16.6. The summed E-state index contributed by atoms with van der Waals surface area (Å²) in [6.07, 6.45) is 4.14. The molecule has 3 heterocycles. The van der Waals surface area contributed by atoms with Crippen molar-refractivity contribution in [2.45, 2.75) is 20.4 Å². The van der Waals surface area contributed by atoms with Crippen molar-refractivity contribution in [3.8, 4) is 11.3 Å². The molecule has 0 saturated carbocycles. The van der Waals surface area contributed by atoms with Crippen molar-refractivity contribution in [2.24, 2.45) is 12.1 Å². The van der Waals surface area contributed by atoms with E-state index in [4.69, 9.17) is 4.52 Å². The van der Waals surface area contributed by atoms with E-state index in [1.165, 1.54) is 23.2 Å². The van der Waals surface area contributed by atoms with Gasteiger partial charge in [-0.05, 0) is 13.8 Å². The third-order valence-electron chi connectivity index (χ3n) is 3.71. The summed E-state index contributed by atoms with van der Waals surface area (Å²) in [5, 5.41) is 15.4. The smallest absolute Gasteiger partial charge is 0.293 e. The summed E-state index contributed by atoms with van der Waals surface area (Å²) in [7, 11) is 1.80. The normalized spacial score (nSPS) is 11.4. The Morgan fingerprint density at radius 2 is 2.24 bits per heavy atom. The number of hydrazone groups is 1. The number of hydrogen-bond acceptors (Lipinski definition) is 6. The molecule has 1 amide bonds. The number of nitrogens with one attached hydrogen (secondary N) is 1. The molecule has 0 aliphatic carbocycles. The largest absolute Gasteiger partial charge is 0.355 e. The quantitative estimate of drug-likeness (QED) is 0.557. The maximum atomic E-state index is 13.8. The average Bonchev–Trinajstić information content (AvgIpc) is 3.29. The minimum Gasteiger partial charge on any atom is -0.355 e. The van der Waals surface area contributed by atoms with Crippen molar-refractivity contribution in [1.29, 1.82) is 0 Å². The van der Waals surface area contributed by atoms with Crippen LogP contribution in [0.5, 0.6) is 0 Å². The second-order valence-corrected chi connectivity index (χ2v) is 5.25. The van der Waals surface area contributed by atoms with Crippen LogP contribution in [0.4, 0.5) is 4.39 Å². The van der Waals surface area contributed by atoms with Crippen molar-refractivity contribution >= 4 is 12.1 Å². The Bertz CT molecular complexity index is 938. The summed E-state index contributed by atoms with van der Waals surface area (Å²) >= 11 is 0. The molecule has 1 N–H and O–H groups in total. The van der Waals surface area contributed by atoms with Gasteiger partial charge in [0.1, 0.15) is 0 Å². The number of hydrogen-bond donors (Lipinski definition) is 1. The summed E-state index contributed by atoms with van der Waals surface area (Å²) in [4.78, 5) is 12.0. The summed E-state index contributed by atoms with van der Waals surface area (Å²) in [5.41, 5.74) is 4.12. The molecule has 130 valence electrons. The van der Waals surface area contributed by atoms with E-state index >= 15 is 0 Å². The summed E-state index contributed by atoms with van der Waals surface area (Å²) in [6, 6.07) is 1.49. The van der Waals surface area contributed by atoms with Gasteiger partial charge in [-0.15, -0.1) is 0 Å². The van der Waals surface area contributed by atoms with Crippen molar-refractivity contribution in [3.63, 3.8) is 0 Å². The van der Waals surface area contributed by atoms with E-state index in [9.17, 15) is 9.18 Å². The topological polar surface area (TPSA) is 103 Å². The van der Waals surface area contributed by atoms with Gasteiger partial charge in [0.15, 0.2) is 11.5 Å². The van der Waals surface area contributed by atoms with Gasteiger partial charge < -0.3 is 4.52 Å². The molecule has 3 aromatic rings. The van der Waals surface area contributed by atoms with E-state index in [1.54, 1.807) is 24.9 Å². The van der Waals surface area contributed by atoms with Crippen LogP contribution in [0.15, 0.2) is 28.1 Å². The minimum absolute atomic E-state index is 0.0557. The molecule has 0 aliphatic heterocycles. The standard InChI is InChI=1S/C15H16FN7O2/c1-4-23-14(16)10(7-19-23)6-17-20-15(24)12-5-13(25-21-12)11-8-18-22(3)9(11)2/h5-8H,4H2,1-3H3,(H,20,24). The highest BCUT2D eigenvalue weighted by atomic mass is 19.1. The summed E-state index contributed by atoms with van der Waals surface area (Å²) < 4.78 is 21.8. The van der Waals surface area contributed by atoms with E-state index in [0.29, 0.717) is 12.3 Å². The van der Waals surface area contributed by atoms with E-state index < -0.39 is 11.9 Å². The molecule has 0 radical (unpaired) electrons. The highest BCUT2D eigenvalue weighted by Gasteiger charge is 2.16. The lowest BCUT2D eigenvalue weighted by atomic mass is 10.2. The van der Waals surface area contributed by atoms with E-state index in [0.717, 1.165) is 11.3 Å². The lowest BCUT2D eigenvalue weighted by Gasteiger charge is -1.95. The Balaban J connectivity index is 1.69. The first-order chi connectivity index (χ1) is 12.0. The molecule has 0 aromatic carbocycles. The van der Waals surface area contributed by atoms with E-state index in [-0.39, 0.29) is 11.3 Å². The number of carbonyl (C=O) groups is 1. The number of rotatable bonds is 5. The maximum Gasteiger partial charge on any atom is 0.293 e. The number of nitrogens with zero attached hydrogens (tertiary/aromatic N) is 6. The first-order valence-corrected chi connectivity index (χ1v) is 7.51. The van der Waals surface area contributed by atoms with E-state index in [1.807, 2.05) is 6.92 Å². The van der Waals surface area contributed by atoms with Gasteiger partial charge in [-0.2, -0.15) is 19.7 Å². The van der Waals surface area contributed by atoms with Crippen LogP contribution in [0.25, 0.3) is 11.3 Å². The fourth-order valence-electron chi connectivity index (χ4n) is 2.16. The molecule has 0 saturated heterocycles. The van der Waals surface area contributed by atoms with Gasteiger partial charge in [-0.3, -0.25) is 9.48 Å². The van der Waals surface area contributed by atoms with Crippen LogP contribution in [0.3, 0.4) is 0 Å². The van der Waals surface area contributed by atoms with Crippen LogP contribution in [0, 0.1) is 12.9 Å². The molecule has 10 heteroatoms. The lowest BCUT2D eigenvalue weighted by Crippen LogP contribution is -2.17. The predicted octanol–water partition coefficient (Wildman–Crippen LogP) is 1.50. The molecule has 3 rings (SSSR count). The number of carbonyl (C=O) groups excluding carboxylic acids is 1. The highest BCUT2D eigenvalue weighted by Crippen LogP contribution is 2.23. The molecule has 0 bridgehead atoms. The van der Waals surface area contributed by atoms with Crippen molar-refractivity contribution in [2.75, 3.05) is 0 Å². The van der Waals surface area contributed by atoms with Crippen LogP contribution in [-0.2, 0) is 13.6 Å². The molecular formula is C15H16FN7O2. The monoisotopic (exact) mass is 345 g/mol. The van der Waals surface area contributed by atoms with Crippen molar-refractivity contribution in [1.82, 2.24) is 30.1 Å². The first-order valence-electron chi connectivity index (χ1n) is 7.51. The van der Waals surface area contributed by atoms with Gasteiger partial charge in [0.05, 0.1) is 29.7 Å². The Kier molecular flexibility index (Phi) is 4.42. The molecular weight excluding hydrogens is 329 g/mol. The fraction of sp³-hybridized carbons (Fsp3) is 0.267. The Morgan fingerprint density at radius 1 is 1.44 bits per heavy atom. The van der Waals surface area contributed by atoms with Gasteiger partial charge in [-0.25, -0.2) is 10.1 Å². The van der Waals surface area contributed by atoms with Crippen LogP contribution >= 0.6 is 0 Å². The van der Waals surface area contributed by atoms with Gasteiger partial charge in [0.2, 0.25) is 5.95 Å². The number of aryl methyl sites for hydroxylation is 2. The van der Waals surface area contributed by atoms with Crippen molar-refractivity contribution in [3.05, 3.63) is 41.4 Å². The maximum absolute atomic E-state index is 13.8. The zero-order valence-electron chi connectivity index (χ0n) is 13.9. The zero-order valence-corrected chi connectivity index (χ0v) is 13.9. The SMILES string of the molecule is CCn1ncc(C=NNC(=O)c2cc(-c3cnn(C)c3C)on2)c1F. The third-order valence-corrected chi connectivity index (χ3v) is 3.71. The van der Waals surface area contributed by atoms with Gasteiger partial charge in [-0.1, -0.05) is 5.16 Å². The van der Waals surface area contributed by atoms with Crippen molar-refractivity contribution < 1.29 is 13.7 Å². The lowest BCUT2D eigenvalue weighted by molar-refractivity contribution is 0.0946. The summed E-state index contributed by atoms with van der Waals surface area (Å²) in [5.74, 6) is -0.664. The average molecular weight is 345 g/mol. The molecule has 9 nitrogen and oxygen atoms in total. The molecule has 0 fully saturated rings. The molecule has 0 atom stereocenters. The Labute approximate surface area is 142 Å². The molecule has 0 spiro atoms.